The van der Waals surface area contributed by atoms with Gasteiger partial charge in [0.1, 0.15) is 0 Å². The number of carbonyl (C=O) groups excluding carboxylic acids is 1. The molecule has 1 N–H and O–H groups in total. The number of rotatable bonds is 3. The molecule has 1 amide bonds. The number of benzene rings is 1. The van der Waals surface area contributed by atoms with Gasteiger partial charge in [-0.3, -0.25) is 20.2 Å². The Morgan fingerprint density at radius 1 is 1.41 bits per heavy atom. The Bertz CT molecular complexity index is 574. The first-order valence-electron chi connectivity index (χ1n) is 7.39. The molecule has 1 fully saturated rings. The number of amides is 1. The topological polar surface area (TPSA) is 75.5 Å². The quantitative estimate of drug-likeness (QED) is 0.526. The van der Waals surface area contributed by atoms with Gasteiger partial charge in [0, 0.05) is 30.3 Å². The second-order valence-corrected chi connectivity index (χ2v) is 5.70. The fraction of sp³-hybridized carbons (Fsp3) is 0.467. The average molecular weight is 321 g/mol. The van der Waals surface area contributed by atoms with Crippen LogP contribution < -0.4 is 5.32 Å². The minimum Gasteiger partial charge on any atom is -0.346 e. The predicted molar refractivity (Wildman–Crippen MR) is 87.8 cm³/mol. The van der Waals surface area contributed by atoms with Crippen LogP contribution in [0.1, 0.15) is 43.0 Å². The number of nitro benzene ring substituents is 1. The van der Waals surface area contributed by atoms with Crippen LogP contribution in [0.15, 0.2) is 24.3 Å². The molecule has 0 aliphatic carbocycles. The first-order valence-corrected chi connectivity index (χ1v) is 7.80. The van der Waals surface area contributed by atoms with E-state index in [4.69, 9.17) is 12.2 Å². The maximum atomic E-state index is 12.2. The predicted octanol–water partition coefficient (Wildman–Crippen LogP) is 2.87. The van der Waals surface area contributed by atoms with Crippen molar-refractivity contribution in [1.29, 1.82) is 0 Å². The molecule has 1 saturated heterocycles. The number of carbonyl (C=O) groups is 1. The SMILES string of the molecule is CC[C@H]1CCCCN1C(=S)NC(=O)c1ccc([N+](=O)[O-])cc1. The number of likely N-dealkylation sites (tertiary alicyclic amines) is 1. The van der Waals surface area contributed by atoms with Crippen molar-refractivity contribution in [2.45, 2.75) is 38.6 Å². The maximum absolute atomic E-state index is 12.2. The molecule has 1 aromatic carbocycles. The molecule has 0 aromatic heterocycles. The van der Waals surface area contributed by atoms with E-state index in [0.29, 0.717) is 16.7 Å². The van der Waals surface area contributed by atoms with Gasteiger partial charge in [0.05, 0.1) is 4.92 Å². The van der Waals surface area contributed by atoms with Gasteiger partial charge in [0.2, 0.25) is 0 Å². The van der Waals surface area contributed by atoms with Crippen LogP contribution in [-0.4, -0.2) is 33.4 Å². The summed E-state index contributed by atoms with van der Waals surface area (Å²) in [7, 11) is 0. The van der Waals surface area contributed by atoms with Gasteiger partial charge >= 0.3 is 0 Å². The number of nitrogens with one attached hydrogen (secondary N) is 1. The van der Waals surface area contributed by atoms with E-state index >= 15 is 0 Å². The highest BCUT2D eigenvalue weighted by Crippen LogP contribution is 2.19. The fourth-order valence-electron chi connectivity index (χ4n) is 2.67. The Hall–Kier alpha value is -2.02. The minimum atomic E-state index is -0.494. The molecule has 0 radical (unpaired) electrons. The molecular formula is C15H19N3O3S. The summed E-state index contributed by atoms with van der Waals surface area (Å²) in [4.78, 5) is 24.4. The van der Waals surface area contributed by atoms with Crippen molar-refractivity contribution in [2.75, 3.05) is 6.54 Å². The Balaban J connectivity index is 2.01. The second kappa shape index (κ2) is 7.31. The molecule has 0 spiro atoms. The van der Waals surface area contributed by atoms with E-state index in [1.165, 1.54) is 30.7 Å². The van der Waals surface area contributed by atoms with Crippen LogP contribution in [0.2, 0.25) is 0 Å². The zero-order valence-corrected chi connectivity index (χ0v) is 13.3. The minimum absolute atomic E-state index is 0.0406. The van der Waals surface area contributed by atoms with Crippen LogP contribution >= 0.6 is 12.2 Å². The Morgan fingerprint density at radius 2 is 2.09 bits per heavy atom. The van der Waals surface area contributed by atoms with Gasteiger partial charge in [0.25, 0.3) is 11.6 Å². The highest BCUT2D eigenvalue weighted by atomic mass is 32.1. The Labute approximate surface area is 134 Å². The third-order valence-electron chi connectivity index (χ3n) is 3.92. The maximum Gasteiger partial charge on any atom is 0.269 e. The number of nitrogens with zero attached hydrogens (tertiary/aromatic N) is 2. The molecule has 22 heavy (non-hydrogen) atoms. The van der Waals surface area contributed by atoms with Gasteiger partial charge in [-0.25, -0.2) is 0 Å². The van der Waals surface area contributed by atoms with Gasteiger partial charge in [-0.2, -0.15) is 0 Å². The molecule has 0 bridgehead atoms. The molecule has 1 heterocycles. The van der Waals surface area contributed by atoms with Gasteiger partial charge in [0.15, 0.2) is 5.11 Å². The first kappa shape index (κ1) is 16.4. The third kappa shape index (κ3) is 3.79. The normalized spacial score (nSPS) is 17.9. The lowest BCUT2D eigenvalue weighted by molar-refractivity contribution is -0.384. The molecule has 1 atom stereocenters. The van der Waals surface area contributed by atoms with Crippen molar-refractivity contribution in [3.05, 3.63) is 39.9 Å². The summed E-state index contributed by atoms with van der Waals surface area (Å²) in [6.45, 7) is 2.97. The van der Waals surface area contributed by atoms with E-state index < -0.39 is 4.92 Å². The molecule has 1 aromatic rings. The first-order chi connectivity index (χ1) is 10.5. The van der Waals surface area contributed by atoms with Crippen LogP contribution in [0.3, 0.4) is 0 Å². The summed E-state index contributed by atoms with van der Waals surface area (Å²) < 4.78 is 0. The van der Waals surface area contributed by atoms with Crippen molar-refractivity contribution >= 4 is 28.9 Å². The largest absolute Gasteiger partial charge is 0.346 e. The van der Waals surface area contributed by atoms with Crippen LogP contribution in [0.5, 0.6) is 0 Å². The van der Waals surface area contributed by atoms with Crippen LogP contribution in [-0.2, 0) is 0 Å². The van der Waals surface area contributed by atoms with Crippen molar-refractivity contribution in [2.24, 2.45) is 0 Å². The summed E-state index contributed by atoms with van der Waals surface area (Å²) in [6, 6.07) is 5.87. The van der Waals surface area contributed by atoms with Crippen molar-refractivity contribution in [1.82, 2.24) is 10.2 Å². The van der Waals surface area contributed by atoms with Crippen LogP contribution in [0, 0.1) is 10.1 Å². The summed E-state index contributed by atoms with van der Waals surface area (Å²) >= 11 is 5.35. The van der Waals surface area contributed by atoms with Gasteiger partial charge in [-0.05, 0) is 50.0 Å². The molecular weight excluding hydrogens is 302 g/mol. The summed E-state index contributed by atoms with van der Waals surface area (Å²) in [5, 5.41) is 13.8. The van der Waals surface area contributed by atoms with Crippen LogP contribution in [0.25, 0.3) is 0 Å². The Morgan fingerprint density at radius 3 is 2.68 bits per heavy atom. The van der Waals surface area contributed by atoms with E-state index in [-0.39, 0.29) is 11.6 Å². The van der Waals surface area contributed by atoms with Gasteiger partial charge in [-0.15, -0.1) is 0 Å². The fourth-order valence-corrected chi connectivity index (χ4v) is 3.00. The molecule has 2 rings (SSSR count). The van der Waals surface area contributed by atoms with E-state index in [9.17, 15) is 14.9 Å². The molecule has 0 saturated carbocycles. The Kier molecular flexibility index (Phi) is 5.43. The number of hydrogen-bond acceptors (Lipinski definition) is 4. The smallest absolute Gasteiger partial charge is 0.269 e. The third-order valence-corrected chi connectivity index (χ3v) is 4.26. The molecule has 7 heteroatoms. The zero-order valence-electron chi connectivity index (χ0n) is 12.4. The number of piperidine rings is 1. The summed E-state index contributed by atoms with van der Waals surface area (Å²) in [5.41, 5.74) is 0.319. The van der Waals surface area contributed by atoms with Gasteiger partial charge < -0.3 is 4.90 Å². The average Bonchev–Trinajstić information content (AvgIpc) is 2.54. The monoisotopic (exact) mass is 321 g/mol. The summed E-state index contributed by atoms with van der Waals surface area (Å²) in [5.74, 6) is -0.333. The molecule has 0 unspecified atom stereocenters. The molecule has 118 valence electrons. The van der Waals surface area contributed by atoms with E-state index in [1.807, 2.05) is 0 Å². The lowest BCUT2D eigenvalue weighted by Crippen LogP contribution is -2.49. The number of thiocarbonyl (C=S) groups is 1. The van der Waals surface area contributed by atoms with Crippen molar-refractivity contribution in [3.63, 3.8) is 0 Å². The van der Waals surface area contributed by atoms with Crippen molar-refractivity contribution < 1.29 is 9.72 Å². The van der Waals surface area contributed by atoms with Gasteiger partial charge in [-0.1, -0.05) is 6.92 Å². The van der Waals surface area contributed by atoms with Crippen LogP contribution in [0.4, 0.5) is 5.69 Å². The van der Waals surface area contributed by atoms with Crippen molar-refractivity contribution in [3.8, 4) is 0 Å². The molecule has 6 nitrogen and oxygen atoms in total. The summed E-state index contributed by atoms with van der Waals surface area (Å²) in [6.07, 6.45) is 4.34. The molecule has 1 aliphatic heterocycles. The highest BCUT2D eigenvalue weighted by Gasteiger charge is 2.24. The lowest BCUT2D eigenvalue weighted by Gasteiger charge is -2.36. The second-order valence-electron chi connectivity index (χ2n) is 5.31. The highest BCUT2D eigenvalue weighted by molar-refractivity contribution is 7.80. The number of hydrogen-bond donors (Lipinski definition) is 1. The zero-order chi connectivity index (χ0) is 16.1. The molecule has 1 aliphatic rings. The van der Waals surface area contributed by atoms with E-state index in [0.717, 1.165) is 25.8 Å². The van der Waals surface area contributed by atoms with E-state index in [1.54, 1.807) is 0 Å². The standard InChI is InChI=1S/C15H19N3O3S/c1-2-12-5-3-4-10-17(12)15(22)16-14(19)11-6-8-13(9-7-11)18(20)21/h6-9,12H,2-5,10H2,1H3,(H,16,19,22)/t12-/m0/s1. The number of non-ortho nitro benzene ring substituents is 1. The lowest BCUT2D eigenvalue weighted by atomic mass is 10.0. The number of nitro groups is 1. The van der Waals surface area contributed by atoms with E-state index in [2.05, 4.69) is 17.1 Å².